The zero-order valence-corrected chi connectivity index (χ0v) is 14.9. The second-order valence-electron chi connectivity index (χ2n) is 6.44. The van der Waals surface area contributed by atoms with E-state index in [0.29, 0.717) is 19.5 Å². The summed E-state index contributed by atoms with van der Waals surface area (Å²) >= 11 is 0. The van der Waals surface area contributed by atoms with Crippen molar-refractivity contribution in [3.8, 4) is 5.75 Å². The van der Waals surface area contributed by atoms with Crippen molar-refractivity contribution in [2.24, 2.45) is 0 Å². The van der Waals surface area contributed by atoms with E-state index in [2.05, 4.69) is 15.2 Å². The smallest absolute Gasteiger partial charge is 0.387 e. The van der Waals surface area contributed by atoms with Crippen LogP contribution in [0.4, 0.5) is 8.78 Å². The lowest BCUT2D eigenvalue weighted by Crippen LogP contribution is -2.34. The lowest BCUT2D eigenvalue weighted by molar-refractivity contribution is -0.121. The van der Waals surface area contributed by atoms with Gasteiger partial charge in [0.25, 0.3) is 0 Å². The van der Waals surface area contributed by atoms with Crippen molar-refractivity contribution in [2.75, 3.05) is 6.54 Å². The number of aryl methyl sites for hydroxylation is 1. The minimum atomic E-state index is -2.85. The topological polar surface area (TPSA) is 78.2 Å². The fourth-order valence-electron chi connectivity index (χ4n) is 3.10. The first-order chi connectivity index (χ1) is 13.0. The van der Waals surface area contributed by atoms with Gasteiger partial charge in [0.15, 0.2) is 0 Å². The molecule has 1 aromatic heterocycles. The molecule has 0 saturated heterocycles. The van der Waals surface area contributed by atoms with E-state index in [-0.39, 0.29) is 23.9 Å². The SMILES string of the molecule is O=C(Cn1nc2n(c1=O)CCCCC2)NCCc1ccc(OC(F)F)cc1. The molecule has 1 aliphatic rings. The number of amides is 1. The molecule has 0 aliphatic carbocycles. The molecule has 0 unspecified atom stereocenters. The number of fused-ring (bicyclic) bond motifs is 1. The second-order valence-corrected chi connectivity index (χ2v) is 6.44. The minimum absolute atomic E-state index is 0.0942. The van der Waals surface area contributed by atoms with Gasteiger partial charge in [0.2, 0.25) is 5.91 Å². The Labute approximate surface area is 154 Å². The molecule has 0 atom stereocenters. The molecular formula is C18H22F2N4O3. The molecule has 7 nitrogen and oxygen atoms in total. The summed E-state index contributed by atoms with van der Waals surface area (Å²) in [5, 5.41) is 7.03. The largest absolute Gasteiger partial charge is 0.435 e. The zero-order chi connectivity index (χ0) is 19.2. The van der Waals surface area contributed by atoms with E-state index < -0.39 is 6.61 Å². The van der Waals surface area contributed by atoms with Gasteiger partial charge in [-0.15, -0.1) is 0 Å². The average molecular weight is 380 g/mol. The summed E-state index contributed by atoms with van der Waals surface area (Å²) in [6.45, 7) is -1.94. The molecule has 3 rings (SSSR count). The summed E-state index contributed by atoms with van der Waals surface area (Å²) in [7, 11) is 0. The van der Waals surface area contributed by atoms with Gasteiger partial charge in [0.1, 0.15) is 18.1 Å². The van der Waals surface area contributed by atoms with Crippen LogP contribution in [0.3, 0.4) is 0 Å². The second kappa shape index (κ2) is 8.79. The Bertz CT molecular complexity index is 830. The van der Waals surface area contributed by atoms with E-state index in [0.717, 1.165) is 37.1 Å². The van der Waals surface area contributed by atoms with E-state index in [1.807, 2.05) is 0 Å². The molecule has 0 saturated carbocycles. The molecule has 9 heteroatoms. The molecule has 0 bridgehead atoms. The number of aromatic nitrogens is 3. The Balaban J connectivity index is 1.48. The fourth-order valence-corrected chi connectivity index (χ4v) is 3.10. The van der Waals surface area contributed by atoms with E-state index in [1.165, 1.54) is 16.8 Å². The number of rotatable bonds is 7. The molecular weight excluding hydrogens is 358 g/mol. The molecule has 2 aromatic rings. The van der Waals surface area contributed by atoms with Crippen LogP contribution < -0.4 is 15.7 Å². The Morgan fingerprint density at radius 2 is 2.00 bits per heavy atom. The van der Waals surface area contributed by atoms with Gasteiger partial charge in [0, 0.05) is 19.5 Å². The third-order valence-corrected chi connectivity index (χ3v) is 4.46. The summed E-state index contributed by atoms with van der Waals surface area (Å²) < 4.78 is 31.4. The number of halogens is 2. The first-order valence-electron chi connectivity index (χ1n) is 9.00. The highest BCUT2D eigenvalue weighted by Gasteiger charge is 2.17. The van der Waals surface area contributed by atoms with Crippen molar-refractivity contribution < 1.29 is 18.3 Å². The highest BCUT2D eigenvalue weighted by Crippen LogP contribution is 2.15. The number of benzene rings is 1. The molecule has 2 heterocycles. The Morgan fingerprint density at radius 3 is 2.74 bits per heavy atom. The summed E-state index contributed by atoms with van der Waals surface area (Å²) in [4.78, 5) is 24.4. The molecule has 0 spiro atoms. The van der Waals surface area contributed by atoms with Crippen molar-refractivity contribution in [1.29, 1.82) is 0 Å². The molecule has 1 aromatic carbocycles. The van der Waals surface area contributed by atoms with Crippen LogP contribution in [-0.4, -0.2) is 33.4 Å². The number of carbonyl (C=O) groups excluding carboxylic acids is 1. The number of ether oxygens (including phenoxy) is 1. The maximum Gasteiger partial charge on any atom is 0.387 e. The maximum absolute atomic E-state index is 12.3. The van der Waals surface area contributed by atoms with Crippen LogP contribution >= 0.6 is 0 Å². The number of hydrogen-bond donors (Lipinski definition) is 1. The van der Waals surface area contributed by atoms with Crippen LogP contribution in [0.2, 0.25) is 0 Å². The van der Waals surface area contributed by atoms with E-state index in [1.54, 1.807) is 16.7 Å². The van der Waals surface area contributed by atoms with Crippen LogP contribution in [0.5, 0.6) is 5.75 Å². The third-order valence-electron chi connectivity index (χ3n) is 4.46. The monoisotopic (exact) mass is 380 g/mol. The van der Waals surface area contributed by atoms with Crippen molar-refractivity contribution in [1.82, 2.24) is 19.7 Å². The number of alkyl halides is 2. The Morgan fingerprint density at radius 1 is 1.22 bits per heavy atom. The third kappa shape index (κ3) is 5.15. The highest BCUT2D eigenvalue weighted by atomic mass is 19.3. The standard InChI is InChI=1S/C18H22F2N4O3/c19-17(20)27-14-7-5-13(6-8-14)9-10-21-16(25)12-24-18(26)23-11-3-1-2-4-15(23)22-24/h5-8,17H,1-4,9-12H2,(H,21,25). The van der Waals surface area contributed by atoms with Gasteiger partial charge >= 0.3 is 12.3 Å². The van der Waals surface area contributed by atoms with Crippen molar-refractivity contribution in [3.63, 3.8) is 0 Å². The summed E-state index contributed by atoms with van der Waals surface area (Å²) in [6.07, 6.45) is 4.33. The van der Waals surface area contributed by atoms with Crippen molar-refractivity contribution in [3.05, 3.63) is 46.1 Å². The van der Waals surface area contributed by atoms with Gasteiger partial charge in [-0.3, -0.25) is 9.36 Å². The molecule has 1 N–H and O–H groups in total. The summed E-state index contributed by atoms with van der Waals surface area (Å²) in [5.41, 5.74) is 0.638. The van der Waals surface area contributed by atoms with E-state index >= 15 is 0 Å². The average Bonchev–Trinajstić information content (AvgIpc) is 2.80. The van der Waals surface area contributed by atoms with Gasteiger partial charge in [-0.25, -0.2) is 9.48 Å². The number of nitrogens with zero attached hydrogens (tertiary/aromatic N) is 3. The van der Waals surface area contributed by atoms with Gasteiger partial charge in [-0.2, -0.15) is 13.9 Å². The van der Waals surface area contributed by atoms with E-state index in [4.69, 9.17) is 0 Å². The van der Waals surface area contributed by atoms with Crippen molar-refractivity contribution in [2.45, 2.75) is 51.8 Å². The minimum Gasteiger partial charge on any atom is -0.435 e. The predicted molar refractivity (Wildman–Crippen MR) is 93.8 cm³/mol. The van der Waals surface area contributed by atoms with Crippen LogP contribution in [-0.2, 0) is 30.7 Å². The van der Waals surface area contributed by atoms with Crippen LogP contribution in [0.15, 0.2) is 29.1 Å². The van der Waals surface area contributed by atoms with Crippen LogP contribution in [0.25, 0.3) is 0 Å². The van der Waals surface area contributed by atoms with Crippen molar-refractivity contribution >= 4 is 5.91 Å². The van der Waals surface area contributed by atoms with Crippen LogP contribution in [0.1, 0.15) is 30.7 Å². The fraction of sp³-hybridized carbons (Fsp3) is 0.500. The zero-order valence-electron chi connectivity index (χ0n) is 14.9. The number of nitrogens with one attached hydrogen (secondary N) is 1. The lowest BCUT2D eigenvalue weighted by Gasteiger charge is -2.07. The molecule has 1 amide bonds. The Kier molecular flexibility index (Phi) is 6.20. The normalized spacial score (nSPS) is 13.9. The molecule has 27 heavy (non-hydrogen) atoms. The van der Waals surface area contributed by atoms with Gasteiger partial charge in [0.05, 0.1) is 0 Å². The summed E-state index contributed by atoms with van der Waals surface area (Å²) in [6, 6.07) is 6.25. The predicted octanol–water partition coefficient (Wildman–Crippen LogP) is 1.73. The first-order valence-corrected chi connectivity index (χ1v) is 9.00. The van der Waals surface area contributed by atoms with Crippen LogP contribution in [0, 0.1) is 0 Å². The van der Waals surface area contributed by atoms with Gasteiger partial charge in [-0.1, -0.05) is 18.6 Å². The maximum atomic E-state index is 12.3. The van der Waals surface area contributed by atoms with E-state index in [9.17, 15) is 18.4 Å². The molecule has 0 radical (unpaired) electrons. The lowest BCUT2D eigenvalue weighted by atomic mass is 10.1. The van der Waals surface area contributed by atoms with Gasteiger partial charge in [-0.05, 0) is 37.0 Å². The first kappa shape index (κ1) is 19.1. The Hall–Kier alpha value is -2.71. The molecule has 146 valence electrons. The molecule has 0 fully saturated rings. The van der Waals surface area contributed by atoms with Gasteiger partial charge < -0.3 is 10.1 Å². The highest BCUT2D eigenvalue weighted by molar-refractivity contribution is 5.75. The quantitative estimate of drug-likeness (QED) is 0.794. The number of carbonyl (C=O) groups is 1. The molecule has 1 aliphatic heterocycles. The summed E-state index contributed by atoms with van der Waals surface area (Å²) in [5.74, 6) is 0.552. The number of hydrogen-bond acceptors (Lipinski definition) is 4.